The Hall–Kier alpha value is -0.210. The second-order valence-electron chi connectivity index (χ2n) is 5.93. The minimum atomic E-state index is -3.32. The SMILES string of the molecule is CC1CCN(S(=O)(=O)NCC(C)N2CCOCC2)CC1. The first-order valence-electron chi connectivity index (χ1n) is 7.55. The highest BCUT2D eigenvalue weighted by molar-refractivity contribution is 7.87. The van der Waals surface area contributed by atoms with Gasteiger partial charge in [0.15, 0.2) is 0 Å². The van der Waals surface area contributed by atoms with Gasteiger partial charge in [0.25, 0.3) is 10.2 Å². The Morgan fingerprint density at radius 3 is 2.40 bits per heavy atom. The minimum Gasteiger partial charge on any atom is -0.379 e. The number of nitrogens with one attached hydrogen (secondary N) is 1. The average molecular weight is 305 g/mol. The highest BCUT2D eigenvalue weighted by Gasteiger charge is 2.27. The third-order valence-corrected chi connectivity index (χ3v) is 5.89. The molecule has 0 amide bonds. The van der Waals surface area contributed by atoms with Crippen LogP contribution in [0.2, 0.25) is 0 Å². The summed E-state index contributed by atoms with van der Waals surface area (Å²) in [4.78, 5) is 2.27. The van der Waals surface area contributed by atoms with Crippen LogP contribution >= 0.6 is 0 Å². The highest BCUT2D eigenvalue weighted by Crippen LogP contribution is 2.18. The molecule has 1 atom stereocenters. The average Bonchev–Trinajstić information content (AvgIpc) is 2.46. The Kier molecular flexibility index (Phi) is 5.80. The molecule has 0 saturated carbocycles. The smallest absolute Gasteiger partial charge is 0.279 e. The molecule has 2 rings (SSSR count). The third-order valence-electron chi connectivity index (χ3n) is 4.31. The van der Waals surface area contributed by atoms with Crippen LogP contribution in [0, 0.1) is 5.92 Å². The molecule has 1 N–H and O–H groups in total. The summed E-state index contributed by atoms with van der Waals surface area (Å²) in [6, 6.07) is 0.206. The Morgan fingerprint density at radius 2 is 1.80 bits per heavy atom. The normalized spacial score (nSPS) is 25.7. The summed E-state index contributed by atoms with van der Waals surface area (Å²) in [5, 5.41) is 0. The van der Waals surface area contributed by atoms with Crippen LogP contribution in [0.25, 0.3) is 0 Å². The van der Waals surface area contributed by atoms with Crippen LogP contribution in [0.3, 0.4) is 0 Å². The van der Waals surface area contributed by atoms with E-state index in [1.54, 1.807) is 4.31 Å². The standard InChI is InChI=1S/C13H27N3O3S/c1-12-3-5-16(6-4-12)20(17,18)14-11-13(2)15-7-9-19-10-8-15/h12-14H,3-11H2,1-2H3. The van der Waals surface area contributed by atoms with Crippen molar-refractivity contribution in [2.75, 3.05) is 45.9 Å². The molecule has 0 spiro atoms. The van der Waals surface area contributed by atoms with Crippen molar-refractivity contribution in [3.63, 3.8) is 0 Å². The molecule has 20 heavy (non-hydrogen) atoms. The number of ether oxygens (including phenoxy) is 1. The molecule has 0 aromatic carbocycles. The van der Waals surface area contributed by atoms with Crippen molar-refractivity contribution in [2.45, 2.75) is 32.7 Å². The summed E-state index contributed by atoms with van der Waals surface area (Å²) in [6.07, 6.45) is 1.92. The van der Waals surface area contributed by atoms with Crippen molar-refractivity contribution >= 4 is 10.2 Å². The van der Waals surface area contributed by atoms with Crippen molar-refractivity contribution in [3.05, 3.63) is 0 Å². The van der Waals surface area contributed by atoms with E-state index in [4.69, 9.17) is 4.74 Å². The summed E-state index contributed by atoms with van der Waals surface area (Å²) in [5.41, 5.74) is 0. The fraction of sp³-hybridized carbons (Fsp3) is 1.00. The monoisotopic (exact) mass is 305 g/mol. The highest BCUT2D eigenvalue weighted by atomic mass is 32.2. The van der Waals surface area contributed by atoms with Gasteiger partial charge in [0, 0.05) is 38.8 Å². The van der Waals surface area contributed by atoms with Crippen molar-refractivity contribution < 1.29 is 13.2 Å². The number of piperidine rings is 1. The molecule has 2 fully saturated rings. The zero-order valence-corrected chi connectivity index (χ0v) is 13.4. The molecule has 118 valence electrons. The summed E-state index contributed by atoms with van der Waals surface area (Å²) >= 11 is 0. The van der Waals surface area contributed by atoms with Crippen LogP contribution in [-0.2, 0) is 14.9 Å². The van der Waals surface area contributed by atoms with Crippen LogP contribution in [-0.4, -0.2) is 69.6 Å². The molecule has 1 unspecified atom stereocenters. The fourth-order valence-corrected chi connectivity index (χ4v) is 4.02. The van der Waals surface area contributed by atoms with Crippen LogP contribution in [0.1, 0.15) is 26.7 Å². The van der Waals surface area contributed by atoms with E-state index in [1.807, 2.05) is 0 Å². The number of morpholine rings is 1. The zero-order chi connectivity index (χ0) is 14.6. The van der Waals surface area contributed by atoms with E-state index in [9.17, 15) is 8.42 Å². The van der Waals surface area contributed by atoms with Crippen LogP contribution < -0.4 is 4.72 Å². The Balaban J connectivity index is 1.79. The maximum absolute atomic E-state index is 12.3. The largest absolute Gasteiger partial charge is 0.379 e. The van der Waals surface area contributed by atoms with Crippen LogP contribution in [0.15, 0.2) is 0 Å². The van der Waals surface area contributed by atoms with E-state index in [2.05, 4.69) is 23.5 Å². The molecule has 2 saturated heterocycles. The van der Waals surface area contributed by atoms with Crippen molar-refractivity contribution in [3.8, 4) is 0 Å². The summed E-state index contributed by atoms with van der Waals surface area (Å²) < 4.78 is 34.2. The fourth-order valence-electron chi connectivity index (χ4n) is 2.69. The summed E-state index contributed by atoms with van der Waals surface area (Å²) in [7, 11) is -3.32. The molecule has 2 heterocycles. The Bertz CT molecular complexity index is 388. The van der Waals surface area contributed by atoms with E-state index in [1.165, 1.54) is 0 Å². The first-order chi connectivity index (χ1) is 9.49. The van der Waals surface area contributed by atoms with Crippen molar-refractivity contribution in [1.82, 2.24) is 13.9 Å². The molecular weight excluding hydrogens is 278 g/mol. The first-order valence-corrected chi connectivity index (χ1v) is 8.99. The second-order valence-corrected chi connectivity index (χ2v) is 7.69. The minimum absolute atomic E-state index is 0.206. The molecule has 6 nitrogen and oxygen atoms in total. The lowest BCUT2D eigenvalue weighted by atomic mass is 10.0. The van der Waals surface area contributed by atoms with Crippen LogP contribution in [0.4, 0.5) is 0 Å². The van der Waals surface area contributed by atoms with Gasteiger partial charge in [-0.2, -0.15) is 12.7 Å². The van der Waals surface area contributed by atoms with Crippen molar-refractivity contribution in [2.24, 2.45) is 5.92 Å². The molecular formula is C13H27N3O3S. The number of nitrogens with zero attached hydrogens (tertiary/aromatic N) is 2. The molecule has 7 heteroatoms. The zero-order valence-electron chi connectivity index (χ0n) is 12.5. The van der Waals surface area contributed by atoms with Gasteiger partial charge in [0.05, 0.1) is 13.2 Å². The van der Waals surface area contributed by atoms with Gasteiger partial charge in [0.1, 0.15) is 0 Å². The maximum Gasteiger partial charge on any atom is 0.279 e. The summed E-state index contributed by atoms with van der Waals surface area (Å²) in [5.74, 6) is 0.633. The van der Waals surface area contributed by atoms with Crippen molar-refractivity contribution in [1.29, 1.82) is 0 Å². The van der Waals surface area contributed by atoms with E-state index < -0.39 is 10.2 Å². The molecule has 0 aromatic heterocycles. The molecule has 2 aliphatic rings. The van der Waals surface area contributed by atoms with Gasteiger partial charge >= 0.3 is 0 Å². The van der Waals surface area contributed by atoms with Gasteiger partial charge < -0.3 is 4.74 Å². The van der Waals surface area contributed by atoms with Gasteiger partial charge in [-0.3, -0.25) is 4.90 Å². The number of rotatable bonds is 5. The molecule has 0 aromatic rings. The lowest BCUT2D eigenvalue weighted by molar-refractivity contribution is 0.0213. The van der Waals surface area contributed by atoms with Gasteiger partial charge in [-0.25, -0.2) is 4.72 Å². The Labute approximate surface area is 122 Å². The quantitative estimate of drug-likeness (QED) is 0.792. The van der Waals surface area contributed by atoms with Crippen LogP contribution in [0.5, 0.6) is 0 Å². The predicted octanol–water partition coefficient (Wildman–Crippen LogP) is 0.273. The predicted molar refractivity (Wildman–Crippen MR) is 78.7 cm³/mol. The van der Waals surface area contributed by atoms with E-state index >= 15 is 0 Å². The molecule has 0 radical (unpaired) electrons. The topological polar surface area (TPSA) is 61.9 Å². The molecule has 0 aliphatic carbocycles. The lowest BCUT2D eigenvalue weighted by Crippen LogP contribution is -2.50. The number of hydrogen-bond donors (Lipinski definition) is 1. The number of hydrogen-bond acceptors (Lipinski definition) is 4. The first kappa shape index (κ1) is 16.2. The maximum atomic E-state index is 12.3. The van der Waals surface area contributed by atoms with Gasteiger partial charge in [-0.05, 0) is 25.7 Å². The van der Waals surface area contributed by atoms with Gasteiger partial charge in [0.2, 0.25) is 0 Å². The van der Waals surface area contributed by atoms with Gasteiger partial charge in [-0.1, -0.05) is 6.92 Å². The van der Waals surface area contributed by atoms with E-state index in [-0.39, 0.29) is 6.04 Å². The lowest BCUT2D eigenvalue weighted by Gasteiger charge is -2.33. The second kappa shape index (κ2) is 7.17. The Morgan fingerprint density at radius 1 is 1.20 bits per heavy atom. The van der Waals surface area contributed by atoms with E-state index in [0.717, 1.165) is 39.1 Å². The molecule has 2 aliphatic heterocycles. The molecule has 0 bridgehead atoms. The van der Waals surface area contributed by atoms with Gasteiger partial charge in [-0.15, -0.1) is 0 Å². The summed E-state index contributed by atoms with van der Waals surface area (Å²) in [6.45, 7) is 9.22. The van der Waals surface area contributed by atoms with E-state index in [0.29, 0.717) is 25.6 Å². The third kappa shape index (κ3) is 4.39.